The molecule has 0 spiro atoms. The minimum atomic E-state index is -0.0673. The van der Waals surface area contributed by atoms with Gasteiger partial charge in [-0.2, -0.15) is 0 Å². The van der Waals surface area contributed by atoms with Crippen molar-refractivity contribution in [3.8, 4) is 0 Å². The molecule has 3 fully saturated rings. The average molecular weight is 406 g/mol. The Bertz CT molecular complexity index is 605. The van der Waals surface area contributed by atoms with Crippen molar-refractivity contribution in [2.75, 3.05) is 40.5 Å². The Kier molecular flexibility index (Phi) is 6.47. The van der Waals surface area contributed by atoms with Crippen molar-refractivity contribution >= 4 is 0 Å². The second kappa shape index (κ2) is 8.61. The average Bonchev–Trinajstić information content (AvgIpc) is 2.99. The largest absolute Gasteiger partial charge is 0.393 e. The lowest BCUT2D eigenvalue weighted by Crippen LogP contribution is -2.51. The number of hydrogen-bond donors (Lipinski definition) is 1. The third-order valence-electron chi connectivity index (χ3n) is 9.26. The van der Waals surface area contributed by atoms with Crippen LogP contribution in [0.15, 0.2) is 11.6 Å². The Balaban J connectivity index is 1.34. The lowest BCUT2D eigenvalue weighted by atomic mass is 9.47. The Morgan fingerprint density at radius 2 is 1.83 bits per heavy atom. The zero-order valence-corrected chi connectivity index (χ0v) is 19.2. The Labute approximate surface area is 178 Å². The standard InChI is InChI=1S/C25H43NO3/c1-24-11-9-19(29-16-15-28-14-13-26(3)4)17-18(24)5-6-20-21-7-8-23(27)25(21,2)12-10-22(20)24/h17,19-23,27H,5-16H2,1-4H3/t19-,20?,21?,22?,23-,24-,25-/m0/s1. The van der Waals surface area contributed by atoms with Crippen molar-refractivity contribution in [2.24, 2.45) is 28.6 Å². The van der Waals surface area contributed by atoms with Gasteiger partial charge in [-0.1, -0.05) is 25.5 Å². The van der Waals surface area contributed by atoms with Gasteiger partial charge >= 0.3 is 0 Å². The van der Waals surface area contributed by atoms with Gasteiger partial charge < -0.3 is 19.5 Å². The van der Waals surface area contributed by atoms with Crippen LogP contribution in [0.1, 0.15) is 65.2 Å². The molecule has 4 nitrogen and oxygen atoms in total. The first-order valence-electron chi connectivity index (χ1n) is 12.1. The highest BCUT2D eigenvalue weighted by Crippen LogP contribution is 2.65. The van der Waals surface area contributed by atoms with Crippen LogP contribution in [0.5, 0.6) is 0 Å². The summed E-state index contributed by atoms with van der Waals surface area (Å²) >= 11 is 0. The highest BCUT2D eigenvalue weighted by atomic mass is 16.5. The molecule has 4 aliphatic carbocycles. The lowest BCUT2D eigenvalue weighted by Gasteiger charge is -2.58. The summed E-state index contributed by atoms with van der Waals surface area (Å²) in [6, 6.07) is 0. The molecule has 3 saturated carbocycles. The quantitative estimate of drug-likeness (QED) is 0.507. The molecule has 0 saturated heterocycles. The van der Waals surface area contributed by atoms with E-state index in [9.17, 15) is 5.11 Å². The summed E-state index contributed by atoms with van der Waals surface area (Å²) in [5.41, 5.74) is 2.22. The Morgan fingerprint density at radius 3 is 2.62 bits per heavy atom. The number of likely N-dealkylation sites (N-methyl/N-ethyl adjacent to an activating group) is 1. The van der Waals surface area contributed by atoms with Crippen LogP contribution in [0.2, 0.25) is 0 Å². The van der Waals surface area contributed by atoms with Gasteiger partial charge in [0.15, 0.2) is 0 Å². The van der Waals surface area contributed by atoms with Crippen molar-refractivity contribution < 1.29 is 14.6 Å². The number of aliphatic hydroxyl groups excluding tert-OH is 1. The molecule has 0 bridgehead atoms. The Hall–Kier alpha value is -0.420. The van der Waals surface area contributed by atoms with Crippen molar-refractivity contribution in [3.05, 3.63) is 11.6 Å². The maximum atomic E-state index is 10.6. The minimum absolute atomic E-state index is 0.0673. The molecule has 4 heteroatoms. The predicted octanol–water partition coefficient (Wildman–Crippen LogP) is 4.27. The van der Waals surface area contributed by atoms with E-state index in [1.165, 1.54) is 38.5 Å². The molecule has 166 valence electrons. The van der Waals surface area contributed by atoms with E-state index in [-0.39, 0.29) is 17.6 Å². The number of hydrogen-bond acceptors (Lipinski definition) is 4. The monoisotopic (exact) mass is 405 g/mol. The molecule has 29 heavy (non-hydrogen) atoms. The van der Waals surface area contributed by atoms with E-state index in [0.29, 0.717) is 18.6 Å². The number of allylic oxidation sites excluding steroid dienone is 1. The van der Waals surface area contributed by atoms with Crippen LogP contribution < -0.4 is 0 Å². The molecule has 0 aromatic carbocycles. The van der Waals surface area contributed by atoms with Crippen LogP contribution in [-0.2, 0) is 9.47 Å². The second-order valence-corrected chi connectivity index (χ2v) is 11.0. The fourth-order valence-corrected chi connectivity index (χ4v) is 7.41. The van der Waals surface area contributed by atoms with E-state index in [4.69, 9.17) is 9.47 Å². The SMILES string of the molecule is CN(C)CCOCCO[C@@H]1C=C2CCC3C(CC[C@@]4(C)C3CC[C@@H]4O)[C@@]2(C)CC1. The van der Waals surface area contributed by atoms with E-state index in [1.807, 2.05) is 0 Å². The normalized spacial score (nSPS) is 44.2. The third-order valence-corrected chi connectivity index (χ3v) is 9.26. The smallest absolute Gasteiger partial charge is 0.0760 e. The first kappa shape index (κ1) is 21.8. The number of ether oxygens (including phenoxy) is 2. The molecule has 3 unspecified atom stereocenters. The van der Waals surface area contributed by atoms with Gasteiger partial charge in [0.05, 0.1) is 32.0 Å². The molecule has 0 aromatic heterocycles. The maximum absolute atomic E-state index is 10.6. The minimum Gasteiger partial charge on any atom is -0.393 e. The molecule has 0 amide bonds. The van der Waals surface area contributed by atoms with Gasteiger partial charge in [-0.15, -0.1) is 0 Å². The summed E-state index contributed by atoms with van der Waals surface area (Å²) in [6.45, 7) is 8.05. The fourth-order valence-electron chi connectivity index (χ4n) is 7.41. The number of nitrogens with zero attached hydrogens (tertiary/aromatic N) is 1. The summed E-state index contributed by atoms with van der Waals surface area (Å²) in [5.74, 6) is 2.36. The van der Waals surface area contributed by atoms with Crippen LogP contribution in [0.25, 0.3) is 0 Å². The van der Waals surface area contributed by atoms with Gasteiger partial charge in [0.1, 0.15) is 0 Å². The topological polar surface area (TPSA) is 41.9 Å². The van der Waals surface area contributed by atoms with E-state index < -0.39 is 0 Å². The molecule has 4 aliphatic rings. The molecule has 0 aliphatic heterocycles. The van der Waals surface area contributed by atoms with E-state index in [1.54, 1.807) is 5.57 Å². The fraction of sp³-hybridized carbons (Fsp3) is 0.920. The third kappa shape index (κ3) is 4.07. The molecular formula is C25H43NO3. The van der Waals surface area contributed by atoms with Gasteiger partial charge in [0.25, 0.3) is 0 Å². The molecule has 4 rings (SSSR count). The van der Waals surface area contributed by atoms with E-state index >= 15 is 0 Å². The van der Waals surface area contributed by atoms with Gasteiger partial charge in [-0.25, -0.2) is 0 Å². The lowest BCUT2D eigenvalue weighted by molar-refractivity contribution is -0.0789. The van der Waals surface area contributed by atoms with Crippen LogP contribution >= 0.6 is 0 Å². The molecule has 1 N–H and O–H groups in total. The first-order chi connectivity index (χ1) is 13.8. The van der Waals surface area contributed by atoms with E-state index in [0.717, 1.165) is 43.7 Å². The van der Waals surface area contributed by atoms with Crippen LogP contribution in [0.3, 0.4) is 0 Å². The number of rotatable bonds is 7. The molecule has 0 aromatic rings. The zero-order chi connectivity index (χ0) is 20.6. The van der Waals surface area contributed by atoms with Gasteiger partial charge in [-0.3, -0.25) is 0 Å². The molecular weight excluding hydrogens is 362 g/mol. The summed E-state index contributed by atoms with van der Waals surface area (Å²) in [6.07, 6.45) is 12.4. The van der Waals surface area contributed by atoms with Gasteiger partial charge in [0.2, 0.25) is 0 Å². The van der Waals surface area contributed by atoms with E-state index in [2.05, 4.69) is 38.9 Å². The molecule has 0 radical (unpaired) electrons. The van der Waals surface area contributed by atoms with Crippen molar-refractivity contribution in [3.63, 3.8) is 0 Å². The van der Waals surface area contributed by atoms with Crippen LogP contribution in [0, 0.1) is 28.6 Å². The molecule has 0 heterocycles. The predicted molar refractivity (Wildman–Crippen MR) is 117 cm³/mol. The summed E-state index contributed by atoms with van der Waals surface area (Å²) in [7, 11) is 4.14. The zero-order valence-electron chi connectivity index (χ0n) is 19.2. The highest BCUT2D eigenvalue weighted by Gasteiger charge is 2.58. The molecule has 7 atom stereocenters. The first-order valence-corrected chi connectivity index (χ1v) is 12.1. The van der Waals surface area contributed by atoms with Crippen molar-refractivity contribution in [2.45, 2.75) is 77.4 Å². The number of fused-ring (bicyclic) bond motifs is 5. The maximum Gasteiger partial charge on any atom is 0.0760 e. The summed E-state index contributed by atoms with van der Waals surface area (Å²) in [5, 5.41) is 10.6. The van der Waals surface area contributed by atoms with Crippen molar-refractivity contribution in [1.82, 2.24) is 4.90 Å². The number of aliphatic hydroxyl groups is 1. The highest BCUT2D eigenvalue weighted by molar-refractivity contribution is 5.25. The summed E-state index contributed by atoms with van der Waals surface area (Å²) in [4.78, 5) is 2.14. The van der Waals surface area contributed by atoms with Crippen LogP contribution in [-0.4, -0.2) is 62.7 Å². The Morgan fingerprint density at radius 1 is 1.00 bits per heavy atom. The van der Waals surface area contributed by atoms with Gasteiger partial charge in [-0.05, 0) is 94.0 Å². The van der Waals surface area contributed by atoms with Gasteiger partial charge in [0, 0.05) is 6.54 Å². The van der Waals surface area contributed by atoms with Crippen LogP contribution in [0.4, 0.5) is 0 Å². The van der Waals surface area contributed by atoms with Crippen molar-refractivity contribution in [1.29, 1.82) is 0 Å². The second-order valence-electron chi connectivity index (χ2n) is 11.0. The summed E-state index contributed by atoms with van der Waals surface area (Å²) < 4.78 is 11.9.